The summed E-state index contributed by atoms with van der Waals surface area (Å²) in [7, 11) is 0. The first-order valence-corrected chi connectivity index (χ1v) is 12.2. The number of fused-ring (bicyclic) bond motifs is 1. The fourth-order valence-corrected chi connectivity index (χ4v) is 5.96. The standard InChI is InChI=1S/C25H30N4OS/c1-17-23(31-16-26-17)8-9-24(30)29-12-10-19(11-13-29)25-22(15-27-28-25)21-7-6-18-4-2-3-5-20(18)14-21/h2-7,14,16,19,22,25,27-28H,8-13,15H2,1H3. The number of carbonyl (C=O) groups is 1. The third kappa shape index (κ3) is 4.38. The van der Waals surface area contributed by atoms with Crippen LogP contribution < -0.4 is 10.9 Å². The van der Waals surface area contributed by atoms with Crippen LogP contribution in [0.25, 0.3) is 10.8 Å². The Morgan fingerprint density at radius 1 is 1.16 bits per heavy atom. The van der Waals surface area contributed by atoms with Crippen molar-refractivity contribution in [3.63, 3.8) is 0 Å². The summed E-state index contributed by atoms with van der Waals surface area (Å²) in [6.07, 6.45) is 3.54. The van der Waals surface area contributed by atoms with Gasteiger partial charge < -0.3 is 4.90 Å². The van der Waals surface area contributed by atoms with Crippen molar-refractivity contribution in [2.24, 2.45) is 5.92 Å². The summed E-state index contributed by atoms with van der Waals surface area (Å²) in [5.41, 5.74) is 11.3. The van der Waals surface area contributed by atoms with Gasteiger partial charge in [0.05, 0.1) is 11.2 Å². The number of hydrogen-bond donors (Lipinski definition) is 2. The molecule has 0 aliphatic carbocycles. The van der Waals surface area contributed by atoms with Gasteiger partial charge in [0.1, 0.15) is 0 Å². The van der Waals surface area contributed by atoms with E-state index in [-0.39, 0.29) is 5.91 Å². The minimum Gasteiger partial charge on any atom is -0.343 e. The molecule has 2 aromatic carbocycles. The smallest absolute Gasteiger partial charge is 0.222 e. The Hall–Kier alpha value is -2.28. The van der Waals surface area contributed by atoms with Crippen molar-refractivity contribution >= 4 is 28.0 Å². The monoisotopic (exact) mass is 434 g/mol. The molecule has 5 rings (SSSR count). The minimum absolute atomic E-state index is 0.287. The lowest BCUT2D eigenvalue weighted by atomic mass is 9.80. The van der Waals surface area contributed by atoms with Gasteiger partial charge in [0.25, 0.3) is 0 Å². The van der Waals surface area contributed by atoms with Gasteiger partial charge in [-0.15, -0.1) is 11.3 Å². The number of rotatable bonds is 5. The number of likely N-dealkylation sites (tertiary alicyclic amines) is 1. The van der Waals surface area contributed by atoms with E-state index in [0.29, 0.717) is 24.3 Å². The van der Waals surface area contributed by atoms with Gasteiger partial charge in [0.2, 0.25) is 5.91 Å². The lowest BCUT2D eigenvalue weighted by molar-refractivity contribution is -0.132. The number of benzene rings is 2. The third-order valence-corrected chi connectivity index (χ3v) is 8.03. The van der Waals surface area contributed by atoms with Crippen LogP contribution in [0.5, 0.6) is 0 Å². The molecule has 1 aromatic heterocycles. The number of thiazole rings is 1. The van der Waals surface area contributed by atoms with Gasteiger partial charge in [-0.05, 0) is 48.4 Å². The van der Waals surface area contributed by atoms with Crippen LogP contribution in [0, 0.1) is 12.8 Å². The summed E-state index contributed by atoms with van der Waals surface area (Å²) < 4.78 is 0. The highest BCUT2D eigenvalue weighted by Gasteiger charge is 2.36. The molecule has 0 bridgehead atoms. The van der Waals surface area contributed by atoms with E-state index in [2.05, 4.69) is 63.2 Å². The molecule has 0 radical (unpaired) electrons. The van der Waals surface area contributed by atoms with E-state index in [1.165, 1.54) is 21.2 Å². The average Bonchev–Trinajstić information content (AvgIpc) is 3.46. The van der Waals surface area contributed by atoms with Crippen molar-refractivity contribution in [1.82, 2.24) is 20.7 Å². The Labute approximate surface area is 187 Å². The summed E-state index contributed by atoms with van der Waals surface area (Å²) in [5, 5.41) is 2.60. The number of hydrazine groups is 1. The number of piperidine rings is 1. The second kappa shape index (κ2) is 9.07. The fourth-order valence-electron chi connectivity index (χ4n) is 5.18. The van der Waals surface area contributed by atoms with E-state index in [1.54, 1.807) is 11.3 Å². The Bertz CT molecular complexity index is 1060. The molecule has 2 aliphatic rings. The fraction of sp³-hybridized carbons (Fsp3) is 0.440. The maximum absolute atomic E-state index is 12.7. The number of amides is 1. The number of aromatic nitrogens is 1. The van der Waals surface area contributed by atoms with Crippen LogP contribution >= 0.6 is 11.3 Å². The van der Waals surface area contributed by atoms with E-state index in [0.717, 1.165) is 44.6 Å². The summed E-state index contributed by atoms with van der Waals surface area (Å²) >= 11 is 1.66. The van der Waals surface area contributed by atoms with E-state index in [4.69, 9.17) is 0 Å². The van der Waals surface area contributed by atoms with Crippen LogP contribution in [0.15, 0.2) is 48.0 Å². The molecule has 162 valence electrons. The van der Waals surface area contributed by atoms with E-state index < -0.39 is 0 Å². The normalized spacial score (nSPS) is 22.3. The maximum Gasteiger partial charge on any atom is 0.222 e. The Kier molecular flexibility index (Phi) is 6.03. The number of aryl methyl sites for hydroxylation is 2. The predicted molar refractivity (Wildman–Crippen MR) is 126 cm³/mol. The van der Waals surface area contributed by atoms with Gasteiger partial charge in [0, 0.05) is 42.9 Å². The highest BCUT2D eigenvalue weighted by atomic mass is 32.1. The molecule has 2 aliphatic heterocycles. The van der Waals surface area contributed by atoms with Gasteiger partial charge >= 0.3 is 0 Å². The molecule has 2 fully saturated rings. The molecular formula is C25H30N4OS. The van der Waals surface area contributed by atoms with Crippen molar-refractivity contribution in [2.45, 2.75) is 44.6 Å². The zero-order chi connectivity index (χ0) is 21.2. The topological polar surface area (TPSA) is 57.3 Å². The molecular weight excluding hydrogens is 404 g/mol. The first-order chi connectivity index (χ1) is 15.2. The molecule has 6 heteroatoms. The number of carbonyl (C=O) groups excluding carboxylic acids is 1. The van der Waals surface area contributed by atoms with Crippen LogP contribution in [-0.2, 0) is 11.2 Å². The van der Waals surface area contributed by atoms with Crippen molar-refractivity contribution < 1.29 is 4.79 Å². The first kappa shape index (κ1) is 20.6. The zero-order valence-corrected chi connectivity index (χ0v) is 18.8. The maximum atomic E-state index is 12.7. The van der Waals surface area contributed by atoms with Gasteiger partial charge in [-0.25, -0.2) is 4.98 Å². The largest absolute Gasteiger partial charge is 0.343 e. The second-order valence-electron chi connectivity index (χ2n) is 8.84. The lowest BCUT2D eigenvalue weighted by Crippen LogP contribution is -2.45. The van der Waals surface area contributed by atoms with Gasteiger partial charge in [-0.3, -0.25) is 15.6 Å². The number of nitrogens with zero attached hydrogens (tertiary/aromatic N) is 2. The molecule has 1 amide bonds. The first-order valence-electron chi connectivity index (χ1n) is 11.3. The number of hydrogen-bond acceptors (Lipinski definition) is 5. The molecule has 3 aromatic rings. The van der Waals surface area contributed by atoms with E-state index in [9.17, 15) is 4.79 Å². The Morgan fingerprint density at radius 3 is 2.74 bits per heavy atom. The molecule has 2 saturated heterocycles. The van der Waals surface area contributed by atoms with Crippen LogP contribution in [0.1, 0.15) is 41.3 Å². The highest BCUT2D eigenvalue weighted by molar-refractivity contribution is 7.09. The van der Waals surface area contributed by atoms with E-state index in [1.807, 2.05) is 12.4 Å². The van der Waals surface area contributed by atoms with Gasteiger partial charge in [0.15, 0.2) is 0 Å². The Morgan fingerprint density at radius 2 is 1.97 bits per heavy atom. The molecule has 3 heterocycles. The average molecular weight is 435 g/mol. The van der Waals surface area contributed by atoms with Crippen LogP contribution in [0.4, 0.5) is 0 Å². The predicted octanol–water partition coefficient (Wildman–Crippen LogP) is 4.04. The van der Waals surface area contributed by atoms with Crippen molar-refractivity contribution in [3.8, 4) is 0 Å². The van der Waals surface area contributed by atoms with Crippen LogP contribution in [-0.4, -0.2) is 41.5 Å². The van der Waals surface area contributed by atoms with Crippen LogP contribution in [0.2, 0.25) is 0 Å². The summed E-state index contributed by atoms with van der Waals surface area (Å²) in [6, 6.07) is 15.9. The molecule has 2 unspecified atom stereocenters. The van der Waals surface area contributed by atoms with Crippen LogP contribution in [0.3, 0.4) is 0 Å². The number of nitrogens with one attached hydrogen (secondary N) is 2. The SMILES string of the molecule is Cc1ncsc1CCC(=O)N1CCC(C2NNCC2c2ccc3ccccc3c2)CC1. The molecule has 31 heavy (non-hydrogen) atoms. The second-order valence-corrected chi connectivity index (χ2v) is 9.78. The molecule has 0 spiro atoms. The molecule has 2 atom stereocenters. The minimum atomic E-state index is 0.287. The quantitative estimate of drug-likeness (QED) is 0.636. The summed E-state index contributed by atoms with van der Waals surface area (Å²) in [5.74, 6) is 1.33. The van der Waals surface area contributed by atoms with Gasteiger partial charge in [-0.1, -0.05) is 42.5 Å². The lowest BCUT2D eigenvalue weighted by Gasteiger charge is -2.36. The van der Waals surface area contributed by atoms with Gasteiger partial charge in [-0.2, -0.15) is 0 Å². The third-order valence-electron chi connectivity index (χ3n) is 7.04. The summed E-state index contributed by atoms with van der Waals surface area (Å²) in [6.45, 7) is 4.72. The van der Waals surface area contributed by atoms with Crippen molar-refractivity contribution in [2.75, 3.05) is 19.6 Å². The van der Waals surface area contributed by atoms with Crippen molar-refractivity contribution in [3.05, 3.63) is 64.1 Å². The Balaban J connectivity index is 1.19. The highest BCUT2D eigenvalue weighted by Crippen LogP contribution is 2.33. The van der Waals surface area contributed by atoms with E-state index >= 15 is 0 Å². The molecule has 2 N–H and O–H groups in total. The zero-order valence-electron chi connectivity index (χ0n) is 18.0. The van der Waals surface area contributed by atoms with Crippen molar-refractivity contribution in [1.29, 1.82) is 0 Å². The molecule has 5 nitrogen and oxygen atoms in total. The summed E-state index contributed by atoms with van der Waals surface area (Å²) in [4.78, 5) is 20.3. The molecule has 0 saturated carbocycles.